The van der Waals surface area contributed by atoms with Gasteiger partial charge in [-0.25, -0.2) is 4.39 Å². The summed E-state index contributed by atoms with van der Waals surface area (Å²) < 4.78 is 18.5. The molecule has 0 spiro atoms. The zero-order valence-corrected chi connectivity index (χ0v) is 11.2. The molecule has 106 valence electrons. The Morgan fingerprint density at radius 3 is 2.74 bits per heavy atom. The summed E-state index contributed by atoms with van der Waals surface area (Å²) in [5.74, 6) is -0.0940. The Morgan fingerprint density at radius 1 is 1.42 bits per heavy atom. The molecule has 1 aromatic carbocycles. The molecule has 0 saturated carbocycles. The molecule has 1 aliphatic rings. The average molecular weight is 268 g/mol. The minimum absolute atomic E-state index is 0.0508. The number of hydrogen-bond acceptors (Lipinski definition) is 4. The highest BCUT2D eigenvalue weighted by Crippen LogP contribution is 2.19. The second-order valence-corrected chi connectivity index (χ2v) is 4.80. The lowest BCUT2D eigenvalue weighted by atomic mass is 10.0. The lowest BCUT2D eigenvalue weighted by Crippen LogP contribution is -2.50. The number of piperazine rings is 1. The standard InChI is InChI=1S/C14H21FN2O2/c1-19-14-3-2-11(9-13(14)15)8-12(10-18)17-6-4-16-5-7-17/h2-3,9,12,16,18H,4-8,10H2,1H3. The van der Waals surface area contributed by atoms with Crippen molar-refractivity contribution in [3.05, 3.63) is 29.6 Å². The first kappa shape index (κ1) is 14.2. The maximum absolute atomic E-state index is 13.6. The maximum Gasteiger partial charge on any atom is 0.165 e. The first-order valence-corrected chi connectivity index (χ1v) is 6.62. The molecule has 0 aromatic heterocycles. The van der Waals surface area contributed by atoms with E-state index in [1.165, 1.54) is 13.2 Å². The highest BCUT2D eigenvalue weighted by Gasteiger charge is 2.20. The number of ether oxygens (including phenoxy) is 1. The summed E-state index contributed by atoms with van der Waals surface area (Å²) in [6.07, 6.45) is 0.650. The lowest BCUT2D eigenvalue weighted by Gasteiger charge is -2.34. The van der Waals surface area contributed by atoms with Crippen molar-refractivity contribution < 1.29 is 14.2 Å². The molecular weight excluding hydrogens is 247 g/mol. The molecule has 0 radical (unpaired) electrons. The van der Waals surface area contributed by atoms with Crippen molar-refractivity contribution in [2.45, 2.75) is 12.5 Å². The van der Waals surface area contributed by atoms with Crippen molar-refractivity contribution in [1.82, 2.24) is 10.2 Å². The number of halogens is 1. The van der Waals surface area contributed by atoms with Gasteiger partial charge in [-0.15, -0.1) is 0 Å². The van der Waals surface area contributed by atoms with Crippen LogP contribution in [-0.4, -0.2) is 55.9 Å². The smallest absolute Gasteiger partial charge is 0.165 e. The normalized spacial score (nSPS) is 18.3. The third kappa shape index (κ3) is 3.65. The van der Waals surface area contributed by atoms with Crippen LogP contribution >= 0.6 is 0 Å². The van der Waals surface area contributed by atoms with Crippen LogP contribution in [0.5, 0.6) is 5.75 Å². The van der Waals surface area contributed by atoms with Crippen LogP contribution in [0.25, 0.3) is 0 Å². The molecule has 1 aromatic rings. The quantitative estimate of drug-likeness (QED) is 0.823. The summed E-state index contributed by atoms with van der Waals surface area (Å²) in [5, 5.41) is 12.8. The average Bonchev–Trinajstić information content (AvgIpc) is 2.46. The minimum Gasteiger partial charge on any atom is -0.494 e. The molecule has 19 heavy (non-hydrogen) atoms. The number of benzene rings is 1. The fourth-order valence-electron chi connectivity index (χ4n) is 2.47. The second kappa shape index (κ2) is 6.84. The van der Waals surface area contributed by atoms with Gasteiger partial charge in [0.2, 0.25) is 0 Å². The van der Waals surface area contributed by atoms with Gasteiger partial charge < -0.3 is 15.2 Å². The lowest BCUT2D eigenvalue weighted by molar-refractivity contribution is 0.110. The molecule has 1 fully saturated rings. The van der Waals surface area contributed by atoms with E-state index in [1.807, 2.05) is 6.07 Å². The molecule has 0 aliphatic carbocycles. The number of aliphatic hydroxyl groups excluding tert-OH is 1. The third-order valence-electron chi connectivity index (χ3n) is 3.57. The first-order valence-electron chi connectivity index (χ1n) is 6.62. The Bertz CT molecular complexity index is 408. The summed E-state index contributed by atoms with van der Waals surface area (Å²) in [6.45, 7) is 3.81. The van der Waals surface area contributed by atoms with Crippen molar-refractivity contribution in [2.24, 2.45) is 0 Å². The van der Waals surface area contributed by atoms with E-state index in [9.17, 15) is 9.50 Å². The SMILES string of the molecule is COc1ccc(CC(CO)N2CCNCC2)cc1F. The van der Waals surface area contributed by atoms with E-state index in [2.05, 4.69) is 10.2 Å². The predicted molar refractivity (Wildman–Crippen MR) is 72.0 cm³/mol. The number of aliphatic hydroxyl groups is 1. The summed E-state index contributed by atoms with van der Waals surface area (Å²) in [7, 11) is 1.45. The summed E-state index contributed by atoms with van der Waals surface area (Å²) in [4.78, 5) is 2.25. The summed E-state index contributed by atoms with van der Waals surface area (Å²) >= 11 is 0. The van der Waals surface area contributed by atoms with Crippen molar-refractivity contribution in [3.8, 4) is 5.75 Å². The molecule has 0 bridgehead atoms. The first-order chi connectivity index (χ1) is 9.24. The Morgan fingerprint density at radius 2 is 2.16 bits per heavy atom. The van der Waals surface area contributed by atoms with Gasteiger partial charge in [-0.2, -0.15) is 0 Å². The van der Waals surface area contributed by atoms with E-state index in [0.717, 1.165) is 31.7 Å². The predicted octanol–water partition coefficient (Wildman–Crippen LogP) is 0.643. The fraction of sp³-hybridized carbons (Fsp3) is 0.571. The zero-order chi connectivity index (χ0) is 13.7. The van der Waals surface area contributed by atoms with E-state index in [-0.39, 0.29) is 24.2 Å². The van der Waals surface area contributed by atoms with Gasteiger partial charge in [-0.3, -0.25) is 4.90 Å². The highest BCUT2D eigenvalue weighted by atomic mass is 19.1. The Labute approximate surface area is 113 Å². The number of nitrogens with one attached hydrogen (secondary N) is 1. The van der Waals surface area contributed by atoms with Crippen LogP contribution in [-0.2, 0) is 6.42 Å². The van der Waals surface area contributed by atoms with Crippen LogP contribution in [0, 0.1) is 5.82 Å². The van der Waals surface area contributed by atoms with E-state index >= 15 is 0 Å². The summed E-state index contributed by atoms with van der Waals surface area (Å²) in [5.41, 5.74) is 0.885. The Balaban J connectivity index is 2.03. The van der Waals surface area contributed by atoms with E-state index in [0.29, 0.717) is 6.42 Å². The minimum atomic E-state index is -0.350. The topological polar surface area (TPSA) is 44.7 Å². The molecule has 2 N–H and O–H groups in total. The molecule has 1 atom stereocenters. The van der Waals surface area contributed by atoms with Crippen LogP contribution < -0.4 is 10.1 Å². The molecule has 2 rings (SSSR count). The van der Waals surface area contributed by atoms with Crippen molar-refractivity contribution >= 4 is 0 Å². The van der Waals surface area contributed by atoms with Crippen molar-refractivity contribution in [2.75, 3.05) is 39.9 Å². The third-order valence-corrected chi connectivity index (χ3v) is 3.57. The Hall–Kier alpha value is -1.17. The molecule has 5 heteroatoms. The monoisotopic (exact) mass is 268 g/mol. The van der Waals surface area contributed by atoms with Gasteiger partial charge in [0.1, 0.15) is 0 Å². The van der Waals surface area contributed by atoms with E-state index < -0.39 is 0 Å². The van der Waals surface area contributed by atoms with Crippen LogP contribution in [0.1, 0.15) is 5.56 Å². The maximum atomic E-state index is 13.6. The largest absolute Gasteiger partial charge is 0.494 e. The van der Waals surface area contributed by atoms with Gasteiger partial charge in [0.15, 0.2) is 11.6 Å². The van der Waals surface area contributed by atoms with Gasteiger partial charge in [-0.05, 0) is 24.1 Å². The Kier molecular flexibility index (Phi) is 5.13. The van der Waals surface area contributed by atoms with Gasteiger partial charge >= 0.3 is 0 Å². The molecule has 0 amide bonds. The van der Waals surface area contributed by atoms with Gasteiger partial charge in [0, 0.05) is 32.2 Å². The molecule has 1 aliphatic heterocycles. The second-order valence-electron chi connectivity index (χ2n) is 4.80. The molecule has 1 unspecified atom stereocenters. The van der Waals surface area contributed by atoms with E-state index in [4.69, 9.17) is 4.74 Å². The number of methoxy groups -OCH3 is 1. The number of rotatable bonds is 5. The van der Waals surface area contributed by atoms with Crippen LogP contribution in [0.4, 0.5) is 4.39 Å². The number of hydrogen-bond donors (Lipinski definition) is 2. The fourth-order valence-corrected chi connectivity index (χ4v) is 2.47. The van der Waals surface area contributed by atoms with Gasteiger partial charge in [0.25, 0.3) is 0 Å². The molecular formula is C14H21FN2O2. The van der Waals surface area contributed by atoms with Crippen LogP contribution in [0.15, 0.2) is 18.2 Å². The molecule has 1 saturated heterocycles. The van der Waals surface area contributed by atoms with Gasteiger partial charge in [-0.1, -0.05) is 6.07 Å². The zero-order valence-electron chi connectivity index (χ0n) is 11.2. The molecule has 4 nitrogen and oxygen atoms in total. The highest BCUT2D eigenvalue weighted by molar-refractivity contribution is 5.29. The number of nitrogens with zero attached hydrogens (tertiary/aromatic N) is 1. The van der Waals surface area contributed by atoms with Crippen LogP contribution in [0.2, 0.25) is 0 Å². The van der Waals surface area contributed by atoms with Crippen molar-refractivity contribution in [3.63, 3.8) is 0 Å². The van der Waals surface area contributed by atoms with Crippen LogP contribution in [0.3, 0.4) is 0 Å². The van der Waals surface area contributed by atoms with E-state index in [1.54, 1.807) is 6.07 Å². The van der Waals surface area contributed by atoms with Crippen molar-refractivity contribution in [1.29, 1.82) is 0 Å². The molecule has 1 heterocycles. The van der Waals surface area contributed by atoms with Gasteiger partial charge in [0.05, 0.1) is 13.7 Å². The summed E-state index contributed by atoms with van der Waals surface area (Å²) in [6, 6.07) is 5.03.